The van der Waals surface area contributed by atoms with Gasteiger partial charge in [0.2, 0.25) is 0 Å². The molecular formula is C14H15ClN2O3. The maximum Gasteiger partial charge on any atom is 0.300 e. The number of amides is 1. The van der Waals surface area contributed by atoms with Gasteiger partial charge in [-0.15, -0.1) is 0 Å². The van der Waals surface area contributed by atoms with Crippen molar-refractivity contribution in [1.29, 1.82) is 0 Å². The molecule has 0 saturated carbocycles. The van der Waals surface area contributed by atoms with Crippen molar-refractivity contribution >= 4 is 17.5 Å². The first-order valence-electron chi connectivity index (χ1n) is 6.00. The molecular weight excluding hydrogens is 280 g/mol. The van der Waals surface area contributed by atoms with Gasteiger partial charge < -0.3 is 9.15 Å². The summed E-state index contributed by atoms with van der Waals surface area (Å²) in [6.45, 7) is 3.98. The lowest BCUT2D eigenvalue weighted by atomic mass is 10.2. The number of furan rings is 1. The fourth-order valence-electron chi connectivity index (χ4n) is 1.73. The van der Waals surface area contributed by atoms with Crippen molar-refractivity contribution < 1.29 is 13.9 Å². The van der Waals surface area contributed by atoms with Gasteiger partial charge in [-0.05, 0) is 37.6 Å². The zero-order valence-corrected chi connectivity index (χ0v) is 12.0. The number of ether oxygens (including phenoxy) is 1. The zero-order valence-electron chi connectivity index (χ0n) is 11.2. The number of benzene rings is 1. The quantitative estimate of drug-likeness (QED) is 0.516. The van der Waals surface area contributed by atoms with Crippen molar-refractivity contribution in [1.82, 2.24) is 5.43 Å². The van der Waals surface area contributed by atoms with Gasteiger partial charge >= 0.3 is 5.91 Å². The summed E-state index contributed by atoms with van der Waals surface area (Å²) in [5.41, 5.74) is 3.78. The summed E-state index contributed by atoms with van der Waals surface area (Å²) in [7, 11) is 0. The molecule has 0 bridgehead atoms. The van der Waals surface area contributed by atoms with Gasteiger partial charge in [-0.1, -0.05) is 17.7 Å². The summed E-state index contributed by atoms with van der Waals surface area (Å²) < 4.78 is 11.0. The van der Waals surface area contributed by atoms with Crippen LogP contribution < -0.4 is 16.0 Å². The first-order chi connectivity index (χ1) is 9.51. The molecule has 1 amide bonds. The van der Waals surface area contributed by atoms with Gasteiger partial charge in [0, 0.05) is 10.6 Å². The number of aryl methyl sites for hydroxylation is 2. The predicted molar refractivity (Wildman–Crippen MR) is 75.6 cm³/mol. The van der Waals surface area contributed by atoms with E-state index in [0.29, 0.717) is 16.5 Å². The molecule has 0 fully saturated rings. The predicted octanol–water partition coefficient (Wildman–Crippen LogP) is 2.73. The van der Waals surface area contributed by atoms with Gasteiger partial charge in [0.1, 0.15) is 18.1 Å². The second-order valence-electron chi connectivity index (χ2n) is 4.36. The number of nitrogen functional groups attached to an aromatic ring is 1. The Balaban J connectivity index is 2.13. The van der Waals surface area contributed by atoms with Gasteiger partial charge in [0.25, 0.3) is 0 Å². The van der Waals surface area contributed by atoms with Crippen LogP contribution in [0.4, 0.5) is 0 Å². The fraction of sp³-hybridized carbons (Fsp3) is 0.214. The SMILES string of the molecule is Cc1ccc(Cl)cc1OCc1cc(C(=O)NN)oc1C. The summed E-state index contributed by atoms with van der Waals surface area (Å²) in [5.74, 6) is 6.06. The second kappa shape index (κ2) is 5.98. The molecule has 20 heavy (non-hydrogen) atoms. The lowest BCUT2D eigenvalue weighted by Crippen LogP contribution is -2.29. The van der Waals surface area contributed by atoms with E-state index in [-0.39, 0.29) is 12.4 Å². The van der Waals surface area contributed by atoms with E-state index in [1.165, 1.54) is 0 Å². The van der Waals surface area contributed by atoms with E-state index in [4.69, 9.17) is 26.6 Å². The summed E-state index contributed by atoms with van der Waals surface area (Å²) in [4.78, 5) is 11.4. The van der Waals surface area contributed by atoms with Gasteiger partial charge in [0.05, 0.1) is 0 Å². The number of hydrogen-bond donors (Lipinski definition) is 2. The minimum absolute atomic E-state index is 0.159. The molecule has 0 aliphatic heterocycles. The Labute approximate surface area is 121 Å². The molecule has 0 saturated heterocycles. The molecule has 0 atom stereocenters. The Hall–Kier alpha value is -1.98. The smallest absolute Gasteiger partial charge is 0.300 e. The van der Waals surface area contributed by atoms with Crippen LogP contribution in [-0.2, 0) is 6.61 Å². The lowest BCUT2D eigenvalue weighted by Gasteiger charge is -2.08. The first-order valence-corrected chi connectivity index (χ1v) is 6.38. The monoisotopic (exact) mass is 294 g/mol. The lowest BCUT2D eigenvalue weighted by molar-refractivity contribution is 0.0924. The third kappa shape index (κ3) is 3.12. The van der Waals surface area contributed by atoms with Crippen LogP contribution in [0.3, 0.4) is 0 Å². The van der Waals surface area contributed by atoms with Crippen LogP contribution in [0.25, 0.3) is 0 Å². The molecule has 6 heteroatoms. The first kappa shape index (κ1) is 14.4. The highest BCUT2D eigenvalue weighted by Gasteiger charge is 2.14. The van der Waals surface area contributed by atoms with Gasteiger partial charge in [-0.25, -0.2) is 5.84 Å². The molecule has 1 aromatic heterocycles. The number of carbonyl (C=O) groups excluding carboxylic acids is 1. The van der Waals surface area contributed by atoms with Crippen LogP contribution in [0.2, 0.25) is 5.02 Å². The Morgan fingerprint density at radius 3 is 2.85 bits per heavy atom. The van der Waals surface area contributed by atoms with Crippen LogP contribution in [-0.4, -0.2) is 5.91 Å². The highest BCUT2D eigenvalue weighted by atomic mass is 35.5. The molecule has 0 radical (unpaired) electrons. The molecule has 5 nitrogen and oxygen atoms in total. The minimum Gasteiger partial charge on any atom is -0.488 e. The minimum atomic E-state index is -0.474. The molecule has 3 N–H and O–H groups in total. The molecule has 1 heterocycles. The van der Waals surface area contributed by atoms with E-state index in [0.717, 1.165) is 11.1 Å². The van der Waals surface area contributed by atoms with Crippen molar-refractivity contribution in [2.45, 2.75) is 20.5 Å². The standard InChI is InChI=1S/C14H15ClN2O3/c1-8-3-4-11(15)6-12(8)19-7-10-5-13(14(18)17-16)20-9(10)2/h3-6H,7,16H2,1-2H3,(H,17,18). The number of rotatable bonds is 4. The van der Waals surface area contributed by atoms with Crippen LogP contribution in [0.15, 0.2) is 28.7 Å². The summed E-state index contributed by atoms with van der Waals surface area (Å²) >= 11 is 5.93. The van der Waals surface area contributed by atoms with Crippen molar-refractivity contribution in [2.24, 2.45) is 5.84 Å². The van der Waals surface area contributed by atoms with Crippen LogP contribution in [0, 0.1) is 13.8 Å². The van der Waals surface area contributed by atoms with Crippen molar-refractivity contribution in [3.05, 3.63) is 51.9 Å². The normalized spacial score (nSPS) is 10.4. The van der Waals surface area contributed by atoms with Crippen LogP contribution in [0.1, 0.15) is 27.4 Å². The maximum absolute atomic E-state index is 11.4. The average molecular weight is 295 g/mol. The maximum atomic E-state index is 11.4. The largest absolute Gasteiger partial charge is 0.488 e. The topological polar surface area (TPSA) is 77.5 Å². The van der Waals surface area contributed by atoms with Crippen LogP contribution >= 0.6 is 11.6 Å². The summed E-state index contributed by atoms with van der Waals surface area (Å²) in [6, 6.07) is 7.04. The van der Waals surface area contributed by atoms with E-state index in [9.17, 15) is 4.79 Å². The Kier molecular flexibility index (Phi) is 4.32. The van der Waals surface area contributed by atoms with Gasteiger partial charge in [-0.3, -0.25) is 10.2 Å². The molecule has 0 spiro atoms. The Bertz CT molecular complexity index is 637. The van der Waals surface area contributed by atoms with E-state index in [1.54, 1.807) is 25.1 Å². The number of nitrogens with two attached hydrogens (primary N) is 1. The Morgan fingerprint density at radius 1 is 1.40 bits per heavy atom. The van der Waals surface area contributed by atoms with Crippen molar-refractivity contribution in [3.8, 4) is 5.75 Å². The van der Waals surface area contributed by atoms with E-state index in [2.05, 4.69) is 0 Å². The fourth-order valence-corrected chi connectivity index (χ4v) is 1.89. The molecule has 1 aromatic carbocycles. The third-order valence-corrected chi connectivity index (χ3v) is 3.14. The average Bonchev–Trinajstić information content (AvgIpc) is 2.80. The third-order valence-electron chi connectivity index (χ3n) is 2.91. The summed E-state index contributed by atoms with van der Waals surface area (Å²) in [6.07, 6.45) is 0. The molecule has 0 aliphatic carbocycles. The number of hydrogen-bond acceptors (Lipinski definition) is 4. The summed E-state index contributed by atoms with van der Waals surface area (Å²) in [5, 5.41) is 0.609. The number of nitrogens with one attached hydrogen (secondary N) is 1. The van der Waals surface area contributed by atoms with Gasteiger partial charge in [-0.2, -0.15) is 0 Å². The highest BCUT2D eigenvalue weighted by molar-refractivity contribution is 6.30. The molecule has 2 aromatic rings. The highest BCUT2D eigenvalue weighted by Crippen LogP contribution is 2.24. The van der Waals surface area contributed by atoms with Crippen LogP contribution in [0.5, 0.6) is 5.75 Å². The Morgan fingerprint density at radius 2 is 2.15 bits per heavy atom. The zero-order chi connectivity index (χ0) is 14.7. The van der Waals surface area contributed by atoms with E-state index >= 15 is 0 Å². The van der Waals surface area contributed by atoms with E-state index in [1.807, 2.05) is 18.4 Å². The molecule has 0 aliphatic rings. The number of hydrazine groups is 1. The number of halogens is 1. The van der Waals surface area contributed by atoms with Gasteiger partial charge in [0.15, 0.2) is 5.76 Å². The number of carbonyl (C=O) groups is 1. The molecule has 106 valence electrons. The molecule has 0 unspecified atom stereocenters. The van der Waals surface area contributed by atoms with E-state index < -0.39 is 5.91 Å². The molecule has 2 rings (SSSR count). The van der Waals surface area contributed by atoms with Crippen molar-refractivity contribution in [3.63, 3.8) is 0 Å². The second-order valence-corrected chi connectivity index (χ2v) is 4.80. The van der Waals surface area contributed by atoms with Crippen molar-refractivity contribution in [2.75, 3.05) is 0 Å².